The van der Waals surface area contributed by atoms with E-state index in [1.165, 1.54) is 12.8 Å². The Balaban J connectivity index is 2.46. The third kappa shape index (κ3) is 2.05. The number of nitrogens with zero attached hydrogens (tertiary/aromatic N) is 1. The summed E-state index contributed by atoms with van der Waals surface area (Å²) in [5.74, 6) is 0. The van der Waals surface area contributed by atoms with Gasteiger partial charge < -0.3 is 5.73 Å². The van der Waals surface area contributed by atoms with Gasteiger partial charge in [0.05, 0.1) is 0 Å². The fraction of sp³-hybridized carbons (Fsp3) is 0.545. The molecule has 1 saturated carbocycles. The first-order valence-corrected chi connectivity index (χ1v) is 6.37. The number of hydrogen-bond donors (Lipinski definition) is 1. The van der Waals surface area contributed by atoms with Gasteiger partial charge in [-0.25, -0.2) is 4.98 Å². The van der Waals surface area contributed by atoms with Gasteiger partial charge in [0.25, 0.3) is 0 Å². The quantitative estimate of drug-likeness (QED) is 0.849. The number of hydrogen-bond acceptors (Lipinski definition) is 2. The van der Waals surface area contributed by atoms with Gasteiger partial charge in [0.15, 0.2) is 0 Å². The smallest absolute Gasteiger partial charge is 0.132 e. The van der Waals surface area contributed by atoms with Crippen molar-refractivity contribution in [3.8, 4) is 0 Å². The number of rotatable bonds is 2. The predicted molar refractivity (Wildman–Crippen MR) is 66.1 cm³/mol. The van der Waals surface area contributed by atoms with Crippen LogP contribution in [0.25, 0.3) is 0 Å². The van der Waals surface area contributed by atoms with Gasteiger partial charge in [0.1, 0.15) is 5.15 Å². The topological polar surface area (TPSA) is 38.9 Å². The van der Waals surface area contributed by atoms with E-state index in [9.17, 15) is 0 Å². The van der Waals surface area contributed by atoms with Crippen molar-refractivity contribution in [3.63, 3.8) is 0 Å². The summed E-state index contributed by atoms with van der Waals surface area (Å²) in [5.41, 5.74) is 7.09. The molecule has 82 valence electrons. The van der Waals surface area contributed by atoms with E-state index in [1.807, 2.05) is 0 Å². The number of nitrogens with two attached hydrogens (primary N) is 1. The van der Waals surface area contributed by atoms with Crippen LogP contribution < -0.4 is 5.73 Å². The van der Waals surface area contributed by atoms with Crippen LogP contribution in [0.4, 0.5) is 0 Å². The molecular formula is C11H14BrClN2. The molecule has 0 unspecified atom stereocenters. The Morgan fingerprint density at radius 2 is 2.13 bits per heavy atom. The number of halogens is 2. The van der Waals surface area contributed by atoms with Crippen LogP contribution in [0.1, 0.15) is 31.2 Å². The zero-order chi connectivity index (χ0) is 10.9. The fourth-order valence-corrected chi connectivity index (χ4v) is 3.06. The highest BCUT2D eigenvalue weighted by Crippen LogP contribution is 2.43. The van der Waals surface area contributed by atoms with E-state index in [4.69, 9.17) is 17.3 Å². The predicted octanol–water partition coefficient (Wildman–Crippen LogP) is 3.27. The monoisotopic (exact) mass is 288 g/mol. The van der Waals surface area contributed by atoms with E-state index in [-0.39, 0.29) is 5.41 Å². The van der Waals surface area contributed by atoms with Crippen molar-refractivity contribution in [3.05, 3.63) is 27.5 Å². The lowest BCUT2D eigenvalue weighted by Gasteiger charge is -2.28. The molecule has 1 heterocycles. The van der Waals surface area contributed by atoms with E-state index < -0.39 is 0 Å². The van der Waals surface area contributed by atoms with Crippen LogP contribution in [-0.2, 0) is 5.41 Å². The number of aromatic nitrogens is 1. The summed E-state index contributed by atoms with van der Waals surface area (Å²) in [7, 11) is 0. The molecule has 0 spiro atoms. The van der Waals surface area contributed by atoms with Crippen molar-refractivity contribution in [2.24, 2.45) is 5.73 Å². The van der Waals surface area contributed by atoms with Crippen LogP contribution in [0.3, 0.4) is 0 Å². The standard InChI is InChI=1S/C11H14BrClN2/c12-8-5-9(10(13)15-6-8)11(7-14)3-1-2-4-11/h5-6H,1-4,7,14H2. The van der Waals surface area contributed by atoms with Crippen LogP contribution >= 0.6 is 27.5 Å². The Morgan fingerprint density at radius 3 is 2.73 bits per heavy atom. The molecule has 2 rings (SSSR count). The van der Waals surface area contributed by atoms with Crippen LogP contribution in [0, 0.1) is 0 Å². The third-order valence-electron chi connectivity index (χ3n) is 3.33. The Hall–Kier alpha value is -0.120. The zero-order valence-corrected chi connectivity index (χ0v) is 10.8. The molecule has 0 aromatic carbocycles. The molecule has 0 atom stereocenters. The lowest BCUT2D eigenvalue weighted by atomic mass is 9.80. The van der Waals surface area contributed by atoms with Crippen LogP contribution in [0.15, 0.2) is 16.7 Å². The van der Waals surface area contributed by atoms with Gasteiger partial charge in [-0.1, -0.05) is 24.4 Å². The molecule has 0 bridgehead atoms. The van der Waals surface area contributed by atoms with Gasteiger partial charge in [0.2, 0.25) is 0 Å². The maximum absolute atomic E-state index is 6.16. The molecule has 1 fully saturated rings. The lowest BCUT2D eigenvalue weighted by Crippen LogP contribution is -2.32. The summed E-state index contributed by atoms with van der Waals surface area (Å²) in [4.78, 5) is 4.18. The van der Waals surface area contributed by atoms with Gasteiger partial charge in [0, 0.05) is 22.6 Å². The molecule has 1 aromatic heterocycles. The summed E-state index contributed by atoms with van der Waals surface area (Å²) in [6, 6.07) is 2.06. The maximum Gasteiger partial charge on any atom is 0.132 e. The summed E-state index contributed by atoms with van der Waals surface area (Å²) in [6.07, 6.45) is 6.45. The first-order chi connectivity index (χ1) is 7.18. The van der Waals surface area contributed by atoms with E-state index >= 15 is 0 Å². The highest BCUT2D eigenvalue weighted by Gasteiger charge is 2.36. The second-order valence-corrected chi connectivity index (χ2v) is 5.46. The average Bonchev–Trinajstić information content (AvgIpc) is 2.71. The largest absolute Gasteiger partial charge is 0.330 e. The van der Waals surface area contributed by atoms with Crippen molar-refractivity contribution in [2.45, 2.75) is 31.1 Å². The molecule has 4 heteroatoms. The summed E-state index contributed by atoms with van der Waals surface area (Å²) in [6.45, 7) is 0.658. The molecule has 1 aromatic rings. The number of pyridine rings is 1. The Bertz CT molecular complexity index is 362. The fourth-order valence-electron chi connectivity index (χ4n) is 2.43. The van der Waals surface area contributed by atoms with Gasteiger partial charge in [-0.2, -0.15) is 0 Å². The van der Waals surface area contributed by atoms with E-state index in [2.05, 4.69) is 27.0 Å². The van der Waals surface area contributed by atoms with Crippen LogP contribution in [0.5, 0.6) is 0 Å². The van der Waals surface area contributed by atoms with Gasteiger partial charge in [-0.05, 0) is 40.4 Å². The van der Waals surface area contributed by atoms with Crippen molar-refractivity contribution in [1.29, 1.82) is 0 Å². The SMILES string of the molecule is NCC1(c2cc(Br)cnc2Cl)CCCC1. The van der Waals surface area contributed by atoms with Crippen molar-refractivity contribution in [1.82, 2.24) is 4.98 Å². The highest BCUT2D eigenvalue weighted by molar-refractivity contribution is 9.10. The van der Waals surface area contributed by atoms with Crippen molar-refractivity contribution in [2.75, 3.05) is 6.54 Å². The minimum absolute atomic E-state index is 0.0634. The summed E-state index contributed by atoms with van der Waals surface area (Å²) < 4.78 is 0.974. The molecule has 0 aliphatic heterocycles. The molecule has 2 nitrogen and oxygen atoms in total. The van der Waals surface area contributed by atoms with E-state index in [0.717, 1.165) is 22.9 Å². The van der Waals surface area contributed by atoms with Crippen molar-refractivity contribution < 1.29 is 0 Å². The molecule has 0 radical (unpaired) electrons. The molecule has 0 amide bonds. The van der Waals surface area contributed by atoms with E-state index in [1.54, 1.807) is 6.20 Å². The van der Waals surface area contributed by atoms with Crippen LogP contribution in [0.2, 0.25) is 5.15 Å². The second kappa shape index (κ2) is 4.40. The molecule has 1 aliphatic carbocycles. The minimum Gasteiger partial charge on any atom is -0.330 e. The molecular weight excluding hydrogens is 275 g/mol. The Kier molecular flexibility index (Phi) is 3.33. The highest BCUT2D eigenvalue weighted by atomic mass is 79.9. The first kappa shape index (κ1) is 11.4. The van der Waals surface area contributed by atoms with Gasteiger partial charge in [-0.3, -0.25) is 0 Å². The average molecular weight is 290 g/mol. The van der Waals surface area contributed by atoms with E-state index in [0.29, 0.717) is 11.7 Å². The second-order valence-electron chi connectivity index (χ2n) is 4.18. The van der Waals surface area contributed by atoms with Gasteiger partial charge in [-0.15, -0.1) is 0 Å². The van der Waals surface area contributed by atoms with Crippen molar-refractivity contribution >= 4 is 27.5 Å². The van der Waals surface area contributed by atoms with Crippen LogP contribution in [-0.4, -0.2) is 11.5 Å². The molecule has 2 N–H and O–H groups in total. The Morgan fingerprint density at radius 1 is 1.47 bits per heavy atom. The first-order valence-electron chi connectivity index (χ1n) is 5.19. The molecule has 1 aliphatic rings. The Labute approximate surface area is 103 Å². The van der Waals surface area contributed by atoms with Gasteiger partial charge >= 0.3 is 0 Å². The lowest BCUT2D eigenvalue weighted by molar-refractivity contribution is 0.451. The summed E-state index contributed by atoms with van der Waals surface area (Å²) >= 11 is 9.59. The molecule has 0 saturated heterocycles. The summed E-state index contributed by atoms with van der Waals surface area (Å²) in [5, 5.41) is 0.602. The maximum atomic E-state index is 6.16. The minimum atomic E-state index is 0.0634. The zero-order valence-electron chi connectivity index (χ0n) is 8.47. The third-order valence-corrected chi connectivity index (χ3v) is 4.06. The normalized spacial score (nSPS) is 19.4. The molecule has 15 heavy (non-hydrogen) atoms.